The Morgan fingerprint density at radius 2 is 1.65 bits per heavy atom. The van der Waals surface area contributed by atoms with E-state index in [-0.39, 0.29) is 12.1 Å². The average molecular weight is 284 g/mol. The fourth-order valence-electron chi connectivity index (χ4n) is 2.42. The van der Waals surface area contributed by atoms with Gasteiger partial charge in [-0.1, -0.05) is 48.5 Å². The summed E-state index contributed by atoms with van der Waals surface area (Å²) in [6.07, 6.45) is 0.569. The number of hydrogen-bond acceptors (Lipinski definition) is 3. The smallest absolute Gasteiger partial charge is 0.323 e. The fraction of sp³-hybridized carbons (Fsp3) is 0.235. The monoisotopic (exact) mass is 284 g/mol. The van der Waals surface area contributed by atoms with Gasteiger partial charge >= 0.3 is 5.97 Å². The lowest BCUT2D eigenvalue weighted by atomic mass is 10.0. The molecule has 20 heavy (non-hydrogen) atoms. The van der Waals surface area contributed by atoms with Gasteiger partial charge in [0.1, 0.15) is 10.9 Å². The summed E-state index contributed by atoms with van der Waals surface area (Å²) in [4.78, 5) is 13.3. The van der Waals surface area contributed by atoms with Crippen molar-refractivity contribution in [2.75, 3.05) is 0 Å². The largest absolute Gasteiger partial charge is 0.456 e. The lowest BCUT2D eigenvalue weighted by Crippen LogP contribution is -2.25. The lowest BCUT2D eigenvalue weighted by Gasteiger charge is -2.18. The van der Waals surface area contributed by atoms with Crippen LogP contribution in [0.4, 0.5) is 0 Å². The van der Waals surface area contributed by atoms with Gasteiger partial charge in [0.15, 0.2) is 0 Å². The van der Waals surface area contributed by atoms with Crippen LogP contribution in [0.15, 0.2) is 65.6 Å². The van der Waals surface area contributed by atoms with Crippen LogP contribution in [0, 0.1) is 0 Å². The van der Waals surface area contributed by atoms with Crippen molar-refractivity contribution in [1.82, 2.24) is 0 Å². The molecule has 3 heteroatoms. The normalized spacial score (nSPS) is 25.4. The van der Waals surface area contributed by atoms with E-state index in [1.165, 1.54) is 0 Å². The Hall–Kier alpha value is -1.74. The predicted molar refractivity (Wildman–Crippen MR) is 80.6 cm³/mol. The van der Waals surface area contributed by atoms with Gasteiger partial charge in [0, 0.05) is 11.3 Å². The zero-order chi connectivity index (χ0) is 14.0. The molecule has 1 saturated heterocycles. The first kappa shape index (κ1) is 13.3. The number of carbonyl (C=O) groups is 1. The highest BCUT2D eigenvalue weighted by atomic mass is 32.2. The number of esters is 1. The molecule has 0 unspecified atom stereocenters. The van der Waals surface area contributed by atoms with Crippen molar-refractivity contribution in [3.63, 3.8) is 0 Å². The Labute approximate surface area is 123 Å². The molecule has 3 rings (SSSR count). The zero-order valence-corrected chi connectivity index (χ0v) is 12.1. The first-order chi connectivity index (χ1) is 9.67. The standard InChI is InChI=1S/C17H16O2S/c1-17(20-14-10-6-3-7-11-14)12-15(19-16(17)18)13-8-4-2-5-9-13/h2-11,15H,12H2,1H3/t15-,17+/m1/s1. The number of carbonyl (C=O) groups excluding carboxylic acids is 1. The molecule has 0 aromatic heterocycles. The number of cyclic esters (lactones) is 1. The zero-order valence-electron chi connectivity index (χ0n) is 11.3. The third-order valence-electron chi connectivity index (χ3n) is 3.51. The van der Waals surface area contributed by atoms with Crippen molar-refractivity contribution in [2.24, 2.45) is 0 Å². The summed E-state index contributed by atoms with van der Waals surface area (Å²) in [6.45, 7) is 1.97. The first-order valence-corrected chi connectivity index (χ1v) is 7.49. The Kier molecular flexibility index (Phi) is 3.53. The van der Waals surface area contributed by atoms with Crippen molar-refractivity contribution in [3.8, 4) is 0 Å². The molecule has 2 aromatic carbocycles. The molecule has 1 aliphatic heterocycles. The molecule has 0 N–H and O–H groups in total. The molecule has 0 bridgehead atoms. The van der Waals surface area contributed by atoms with Gasteiger partial charge < -0.3 is 4.74 Å². The third-order valence-corrected chi connectivity index (χ3v) is 4.81. The van der Waals surface area contributed by atoms with E-state index in [0.717, 1.165) is 10.5 Å². The van der Waals surface area contributed by atoms with E-state index in [9.17, 15) is 4.79 Å². The highest BCUT2D eigenvalue weighted by Crippen LogP contribution is 2.46. The molecule has 0 spiro atoms. The van der Waals surface area contributed by atoms with Crippen molar-refractivity contribution >= 4 is 17.7 Å². The summed E-state index contributed by atoms with van der Waals surface area (Å²) >= 11 is 1.59. The second kappa shape index (κ2) is 5.33. The van der Waals surface area contributed by atoms with Crippen molar-refractivity contribution in [2.45, 2.75) is 29.1 Å². The van der Waals surface area contributed by atoms with Gasteiger partial charge in [0.25, 0.3) is 0 Å². The van der Waals surface area contributed by atoms with Gasteiger partial charge in [-0.05, 0) is 24.6 Å². The number of rotatable bonds is 3. The van der Waals surface area contributed by atoms with Crippen LogP contribution < -0.4 is 0 Å². The molecule has 2 aromatic rings. The van der Waals surface area contributed by atoms with Gasteiger partial charge in [-0.2, -0.15) is 0 Å². The highest BCUT2D eigenvalue weighted by Gasteiger charge is 2.46. The fourth-order valence-corrected chi connectivity index (χ4v) is 3.60. The van der Waals surface area contributed by atoms with E-state index >= 15 is 0 Å². The van der Waals surface area contributed by atoms with Crippen LogP contribution in [0.1, 0.15) is 25.0 Å². The van der Waals surface area contributed by atoms with Crippen LogP contribution in [0.5, 0.6) is 0 Å². The molecule has 1 aliphatic rings. The molecule has 0 saturated carbocycles. The maximum Gasteiger partial charge on any atom is 0.323 e. The molecule has 0 amide bonds. The predicted octanol–water partition coefficient (Wildman–Crippen LogP) is 4.23. The Balaban J connectivity index is 1.79. The van der Waals surface area contributed by atoms with Crippen LogP contribution >= 0.6 is 11.8 Å². The minimum Gasteiger partial charge on any atom is -0.456 e. The highest BCUT2D eigenvalue weighted by molar-refractivity contribution is 8.01. The number of hydrogen-bond donors (Lipinski definition) is 0. The lowest BCUT2D eigenvalue weighted by molar-refractivity contribution is -0.143. The summed E-state index contributed by atoms with van der Waals surface area (Å²) < 4.78 is 5.06. The topological polar surface area (TPSA) is 26.3 Å². The van der Waals surface area contributed by atoms with Crippen LogP contribution in [0.2, 0.25) is 0 Å². The van der Waals surface area contributed by atoms with Gasteiger partial charge in [0.05, 0.1) is 0 Å². The molecular formula is C17H16O2S. The van der Waals surface area contributed by atoms with Gasteiger partial charge in [0.2, 0.25) is 0 Å². The Bertz CT molecular complexity index is 597. The summed E-state index contributed by atoms with van der Waals surface area (Å²) in [5, 5.41) is 0. The summed E-state index contributed by atoms with van der Waals surface area (Å²) in [5.74, 6) is -0.125. The molecule has 102 valence electrons. The second-order valence-electron chi connectivity index (χ2n) is 5.15. The van der Waals surface area contributed by atoms with Crippen LogP contribution in [0.3, 0.4) is 0 Å². The van der Waals surface area contributed by atoms with E-state index in [1.54, 1.807) is 11.8 Å². The van der Waals surface area contributed by atoms with Crippen molar-refractivity contribution < 1.29 is 9.53 Å². The van der Waals surface area contributed by atoms with Crippen LogP contribution in [0.25, 0.3) is 0 Å². The maximum atomic E-state index is 12.2. The minimum absolute atomic E-state index is 0.125. The summed E-state index contributed by atoms with van der Waals surface area (Å²) in [5.41, 5.74) is 1.07. The Morgan fingerprint density at radius 1 is 1.05 bits per heavy atom. The van der Waals surface area contributed by atoms with E-state index in [2.05, 4.69) is 0 Å². The van der Waals surface area contributed by atoms with E-state index in [0.29, 0.717) is 6.42 Å². The molecule has 1 heterocycles. The molecular weight excluding hydrogens is 268 g/mol. The minimum atomic E-state index is -0.512. The number of ether oxygens (including phenoxy) is 1. The molecule has 1 fully saturated rings. The summed E-state index contributed by atoms with van der Waals surface area (Å²) in [7, 11) is 0. The average Bonchev–Trinajstić information content (AvgIpc) is 2.77. The summed E-state index contributed by atoms with van der Waals surface area (Å²) in [6, 6.07) is 19.9. The van der Waals surface area contributed by atoms with Gasteiger partial charge in [-0.3, -0.25) is 4.79 Å². The third kappa shape index (κ3) is 2.59. The molecule has 0 radical (unpaired) electrons. The molecule has 2 atom stereocenters. The van der Waals surface area contributed by atoms with Crippen molar-refractivity contribution in [1.29, 1.82) is 0 Å². The van der Waals surface area contributed by atoms with Crippen LogP contribution in [-0.4, -0.2) is 10.7 Å². The molecule has 2 nitrogen and oxygen atoms in total. The SMILES string of the molecule is C[C@]1(Sc2ccccc2)C[C@H](c2ccccc2)OC1=O. The number of thioether (sulfide) groups is 1. The Morgan fingerprint density at radius 3 is 2.30 bits per heavy atom. The maximum absolute atomic E-state index is 12.2. The second-order valence-corrected chi connectivity index (χ2v) is 6.73. The first-order valence-electron chi connectivity index (χ1n) is 6.67. The van der Waals surface area contributed by atoms with Gasteiger partial charge in [-0.25, -0.2) is 0 Å². The van der Waals surface area contributed by atoms with Crippen LogP contribution in [-0.2, 0) is 9.53 Å². The van der Waals surface area contributed by atoms with E-state index < -0.39 is 4.75 Å². The number of benzene rings is 2. The van der Waals surface area contributed by atoms with Gasteiger partial charge in [-0.15, -0.1) is 11.8 Å². The van der Waals surface area contributed by atoms with E-state index in [1.807, 2.05) is 67.6 Å². The molecule has 0 aliphatic carbocycles. The van der Waals surface area contributed by atoms with E-state index in [4.69, 9.17) is 4.74 Å². The van der Waals surface area contributed by atoms with Crippen molar-refractivity contribution in [3.05, 3.63) is 66.2 Å². The quantitative estimate of drug-likeness (QED) is 0.789.